The Kier molecular flexibility index (Phi) is 4.22. The molecule has 16 heavy (non-hydrogen) atoms. The van der Waals surface area contributed by atoms with Gasteiger partial charge in [-0.2, -0.15) is 0 Å². The highest BCUT2D eigenvalue weighted by Gasteiger charge is 2.15. The Labute approximate surface area is 95.0 Å². The average Bonchev–Trinajstić information content (AvgIpc) is 2.26. The van der Waals surface area contributed by atoms with Gasteiger partial charge in [0.1, 0.15) is 0 Å². The maximum atomic E-state index is 10.7. The molecule has 0 bridgehead atoms. The van der Waals surface area contributed by atoms with Crippen LogP contribution in [0.15, 0.2) is 30.3 Å². The van der Waals surface area contributed by atoms with Crippen molar-refractivity contribution in [1.82, 2.24) is 0 Å². The fourth-order valence-electron chi connectivity index (χ4n) is 1.38. The van der Waals surface area contributed by atoms with Gasteiger partial charge in [0.05, 0.1) is 6.54 Å². The monoisotopic (exact) mass is 218 g/mol. The van der Waals surface area contributed by atoms with Crippen LogP contribution in [0.1, 0.15) is 6.92 Å². The van der Waals surface area contributed by atoms with Crippen LogP contribution in [0.4, 0.5) is 10.5 Å². The predicted octanol–water partition coefficient (Wildman–Crippen LogP) is 1.57. The predicted molar refractivity (Wildman–Crippen MR) is 62.8 cm³/mol. The number of amides is 1. The molecule has 4 nitrogen and oxygen atoms in total. The molecule has 1 amide bonds. The second kappa shape index (κ2) is 5.66. The van der Waals surface area contributed by atoms with Gasteiger partial charge >= 0.3 is 6.09 Å². The third-order valence-electron chi connectivity index (χ3n) is 2.08. The second-order valence-electron chi connectivity index (χ2n) is 3.20. The topological polar surface area (TPSA) is 55.6 Å². The molecule has 0 aromatic heterocycles. The van der Waals surface area contributed by atoms with Crippen molar-refractivity contribution in [1.29, 1.82) is 0 Å². The fourth-order valence-corrected chi connectivity index (χ4v) is 1.38. The van der Waals surface area contributed by atoms with Crippen molar-refractivity contribution in [2.45, 2.75) is 13.2 Å². The van der Waals surface area contributed by atoms with E-state index in [0.29, 0.717) is 6.54 Å². The number of nitrogens with zero attached hydrogens (tertiary/aromatic N) is 1. The lowest BCUT2D eigenvalue weighted by molar-refractivity contribution is 0.115. The standard InChI is InChI=1S/C12H14N2O2/c1-3-9-14(10(2)16-12(13)15)11-7-5-4-6-8-11/h1,4-8,10H,9H2,2H3,(H2,13,15). The first-order chi connectivity index (χ1) is 7.65. The normalized spacial score (nSPS) is 11.2. The number of para-hydroxylation sites is 1. The van der Waals surface area contributed by atoms with E-state index in [9.17, 15) is 4.79 Å². The first-order valence-electron chi connectivity index (χ1n) is 4.86. The summed E-state index contributed by atoms with van der Waals surface area (Å²) in [6.07, 6.45) is 3.97. The zero-order valence-electron chi connectivity index (χ0n) is 9.09. The van der Waals surface area contributed by atoms with E-state index in [1.165, 1.54) is 0 Å². The van der Waals surface area contributed by atoms with E-state index < -0.39 is 12.3 Å². The zero-order chi connectivity index (χ0) is 12.0. The lowest BCUT2D eigenvalue weighted by Gasteiger charge is -2.28. The molecule has 1 atom stereocenters. The number of benzene rings is 1. The quantitative estimate of drug-likeness (QED) is 0.616. The third kappa shape index (κ3) is 3.21. The van der Waals surface area contributed by atoms with Crippen molar-refractivity contribution < 1.29 is 9.53 Å². The van der Waals surface area contributed by atoms with Crippen LogP contribution in [-0.4, -0.2) is 18.9 Å². The number of hydrogen-bond donors (Lipinski definition) is 1. The minimum atomic E-state index is -0.814. The molecular weight excluding hydrogens is 204 g/mol. The van der Waals surface area contributed by atoms with Gasteiger partial charge < -0.3 is 15.4 Å². The Hall–Kier alpha value is -2.15. The van der Waals surface area contributed by atoms with Crippen LogP contribution < -0.4 is 10.6 Å². The molecule has 1 aromatic carbocycles. The third-order valence-corrected chi connectivity index (χ3v) is 2.08. The van der Waals surface area contributed by atoms with Crippen LogP contribution in [-0.2, 0) is 4.74 Å². The molecule has 0 fully saturated rings. The smallest absolute Gasteiger partial charge is 0.406 e. The van der Waals surface area contributed by atoms with Gasteiger partial charge in [-0.25, -0.2) is 4.79 Å². The van der Waals surface area contributed by atoms with Crippen molar-refractivity contribution in [3.63, 3.8) is 0 Å². The largest absolute Gasteiger partial charge is 0.426 e. The minimum Gasteiger partial charge on any atom is -0.426 e. The van der Waals surface area contributed by atoms with Crippen LogP contribution in [0.3, 0.4) is 0 Å². The molecule has 0 aliphatic heterocycles. The van der Waals surface area contributed by atoms with Gasteiger partial charge in [-0.15, -0.1) is 6.42 Å². The van der Waals surface area contributed by atoms with E-state index in [4.69, 9.17) is 16.9 Å². The Morgan fingerprint density at radius 2 is 2.19 bits per heavy atom. The van der Waals surface area contributed by atoms with Crippen LogP contribution in [0, 0.1) is 12.3 Å². The van der Waals surface area contributed by atoms with Gasteiger partial charge in [-0.05, 0) is 19.1 Å². The molecule has 84 valence electrons. The maximum Gasteiger partial charge on any atom is 0.406 e. The number of nitrogens with two attached hydrogens (primary N) is 1. The number of hydrogen-bond acceptors (Lipinski definition) is 3. The Balaban J connectivity index is 2.83. The van der Waals surface area contributed by atoms with Gasteiger partial charge in [0, 0.05) is 5.69 Å². The molecule has 0 spiro atoms. The summed E-state index contributed by atoms with van der Waals surface area (Å²) >= 11 is 0. The van der Waals surface area contributed by atoms with E-state index in [2.05, 4.69) is 5.92 Å². The molecule has 0 aliphatic rings. The number of rotatable bonds is 4. The summed E-state index contributed by atoms with van der Waals surface area (Å²) < 4.78 is 4.89. The number of carbonyl (C=O) groups excluding carboxylic acids is 1. The number of anilines is 1. The molecule has 1 unspecified atom stereocenters. The van der Waals surface area contributed by atoms with Crippen molar-refractivity contribution in [2.75, 3.05) is 11.4 Å². The highest BCUT2D eigenvalue weighted by atomic mass is 16.6. The molecule has 0 saturated heterocycles. The van der Waals surface area contributed by atoms with Crippen molar-refractivity contribution in [3.8, 4) is 12.3 Å². The Morgan fingerprint density at radius 1 is 1.56 bits per heavy atom. The van der Waals surface area contributed by atoms with E-state index in [1.54, 1.807) is 11.8 Å². The maximum absolute atomic E-state index is 10.7. The molecule has 1 aromatic rings. The first-order valence-corrected chi connectivity index (χ1v) is 4.86. The second-order valence-corrected chi connectivity index (χ2v) is 3.20. The van der Waals surface area contributed by atoms with Gasteiger partial charge in [-0.3, -0.25) is 0 Å². The number of ether oxygens (including phenoxy) is 1. The Morgan fingerprint density at radius 3 is 2.69 bits per heavy atom. The summed E-state index contributed by atoms with van der Waals surface area (Å²) in [5.41, 5.74) is 5.85. The van der Waals surface area contributed by atoms with Crippen molar-refractivity contribution in [3.05, 3.63) is 30.3 Å². The first kappa shape index (κ1) is 11.9. The molecule has 0 radical (unpaired) electrons. The van der Waals surface area contributed by atoms with Gasteiger partial charge in [0.25, 0.3) is 0 Å². The van der Waals surface area contributed by atoms with Crippen LogP contribution in [0.5, 0.6) is 0 Å². The number of carbonyl (C=O) groups is 1. The van der Waals surface area contributed by atoms with E-state index in [-0.39, 0.29) is 0 Å². The van der Waals surface area contributed by atoms with Gasteiger partial charge in [0.15, 0.2) is 6.23 Å². The molecule has 0 aliphatic carbocycles. The molecule has 0 heterocycles. The van der Waals surface area contributed by atoms with Crippen molar-refractivity contribution in [2.24, 2.45) is 5.73 Å². The summed E-state index contributed by atoms with van der Waals surface area (Å²) in [6.45, 7) is 2.06. The zero-order valence-corrected chi connectivity index (χ0v) is 9.09. The minimum absolute atomic E-state index is 0.346. The highest BCUT2D eigenvalue weighted by molar-refractivity contribution is 5.65. The molecule has 4 heteroatoms. The summed E-state index contributed by atoms with van der Waals surface area (Å²) in [6, 6.07) is 9.44. The van der Waals surface area contributed by atoms with E-state index in [0.717, 1.165) is 5.69 Å². The fraction of sp³-hybridized carbons (Fsp3) is 0.250. The average molecular weight is 218 g/mol. The van der Waals surface area contributed by atoms with Crippen molar-refractivity contribution >= 4 is 11.8 Å². The molecule has 2 N–H and O–H groups in total. The molecule has 0 saturated carbocycles. The summed E-state index contributed by atoms with van der Waals surface area (Å²) in [5.74, 6) is 2.51. The van der Waals surface area contributed by atoms with Gasteiger partial charge in [0.2, 0.25) is 0 Å². The lowest BCUT2D eigenvalue weighted by Crippen LogP contribution is -2.38. The highest BCUT2D eigenvalue weighted by Crippen LogP contribution is 2.16. The molecular formula is C12H14N2O2. The number of terminal acetylenes is 1. The lowest BCUT2D eigenvalue weighted by atomic mass is 10.3. The van der Waals surface area contributed by atoms with E-state index >= 15 is 0 Å². The van der Waals surface area contributed by atoms with Crippen LogP contribution in [0.2, 0.25) is 0 Å². The SMILES string of the molecule is C#CCN(c1ccccc1)C(C)OC(N)=O. The number of primary amides is 1. The summed E-state index contributed by atoms with van der Waals surface area (Å²) in [5, 5.41) is 0. The van der Waals surface area contributed by atoms with E-state index in [1.807, 2.05) is 30.3 Å². The molecule has 1 rings (SSSR count). The van der Waals surface area contributed by atoms with Crippen LogP contribution in [0.25, 0.3) is 0 Å². The Bertz CT molecular complexity index is 384. The summed E-state index contributed by atoms with van der Waals surface area (Å²) in [4.78, 5) is 12.4. The summed E-state index contributed by atoms with van der Waals surface area (Å²) in [7, 11) is 0. The van der Waals surface area contributed by atoms with Crippen LogP contribution >= 0.6 is 0 Å². The van der Waals surface area contributed by atoms with Gasteiger partial charge in [-0.1, -0.05) is 24.1 Å².